The zero-order valence-electron chi connectivity index (χ0n) is 16.4. The Hall–Kier alpha value is -2.29. The van der Waals surface area contributed by atoms with Crippen molar-refractivity contribution in [3.8, 4) is 0 Å². The number of carbonyl (C=O) groups excluding carboxylic acids is 2. The van der Waals surface area contributed by atoms with E-state index in [9.17, 15) is 22.4 Å². The number of amides is 1. The second kappa shape index (κ2) is 9.24. The molecule has 1 fully saturated rings. The van der Waals surface area contributed by atoms with Crippen LogP contribution in [0.25, 0.3) is 0 Å². The topological polar surface area (TPSA) is 83.5 Å². The minimum atomic E-state index is -3.87. The number of hydrogen-bond donors (Lipinski definition) is 1. The summed E-state index contributed by atoms with van der Waals surface area (Å²) >= 11 is 6.08. The summed E-state index contributed by atoms with van der Waals surface area (Å²) in [5.74, 6) is -1.00. The molecule has 1 amide bonds. The van der Waals surface area contributed by atoms with Crippen molar-refractivity contribution in [3.63, 3.8) is 0 Å². The highest BCUT2D eigenvalue weighted by Crippen LogP contribution is 2.31. The van der Waals surface area contributed by atoms with Gasteiger partial charge in [0.1, 0.15) is 5.82 Å². The molecular weight excluding hydrogens is 431 g/mol. The van der Waals surface area contributed by atoms with E-state index in [-0.39, 0.29) is 58.3 Å². The van der Waals surface area contributed by atoms with Gasteiger partial charge in [-0.05, 0) is 44.0 Å². The number of benzene rings is 2. The number of ketones is 1. The van der Waals surface area contributed by atoms with Gasteiger partial charge in [-0.2, -0.15) is 0 Å². The van der Waals surface area contributed by atoms with Crippen LogP contribution in [0.3, 0.4) is 0 Å². The fourth-order valence-electron chi connectivity index (χ4n) is 3.06. The molecule has 30 heavy (non-hydrogen) atoms. The van der Waals surface area contributed by atoms with Gasteiger partial charge in [0, 0.05) is 35.2 Å². The predicted molar refractivity (Wildman–Crippen MR) is 111 cm³/mol. The number of nitrogens with one attached hydrogen (secondary N) is 1. The maximum Gasteiger partial charge on any atom is 0.240 e. The highest BCUT2D eigenvalue weighted by molar-refractivity contribution is 7.89. The first-order valence-electron chi connectivity index (χ1n) is 9.52. The van der Waals surface area contributed by atoms with E-state index >= 15 is 0 Å². The van der Waals surface area contributed by atoms with Crippen LogP contribution in [0.2, 0.25) is 5.02 Å². The first-order valence-corrected chi connectivity index (χ1v) is 11.4. The van der Waals surface area contributed by atoms with Crippen molar-refractivity contribution < 1.29 is 22.4 Å². The Morgan fingerprint density at radius 3 is 2.53 bits per heavy atom. The van der Waals surface area contributed by atoms with Crippen LogP contribution in [0.1, 0.15) is 42.1 Å². The summed E-state index contributed by atoms with van der Waals surface area (Å²) in [5, 5.41) is 0.250. The van der Waals surface area contributed by atoms with Crippen molar-refractivity contribution >= 4 is 33.3 Å². The Labute approximate surface area is 180 Å². The van der Waals surface area contributed by atoms with Crippen LogP contribution in [0.5, 0.6) is 0 Å². The summed E-state index contributed by atoms with van der Waals surface area (Å²) in [6.07, 6.45) is 1.57. The molecule has 0 aromatic heterocycles. The summed E-state index contributed by atoms with van der Waals surface area (Å²) < 4.78 is 41.4. The predicted octanol–water partition coefficient (Wildman–Crippen LogP) is 3.54. The van der Waals surface area contributed by atoms with Gasteiger partial charge in [0.15, 0.2) is 5.78 Å². The van der Waals surface area contributed by atoms with Crippen molar-refractivity contribution in [1.29, 1.82) is 0 Å². The fourth-order valence-corrected chi connectivity index (χ4v) is 4.36. The monoisotopic (exact) mass is 452 g/mol. The third-order valence-corrected chi connectivity index (χ3v) is 6.69. The second-order valence-corrected chi connectivity index (χ2v) is 9.36. The maximum atomic E-state index is 14.1. The highest BCUT2D eigenvalue weighted by Gasteiger charge is 2.33. The van der Waals surface area contributed by atoms with E-state index in [0.717, 1.165) is 12.8 Å². The Morgan fingerprint density at radius 2 is 1.90 bits per heavy atom. The van der Waals surface area contributed by atoms with E-state index in [2.05, 4.69) is 4.72 Å². The molecule has 1 N–H and O–H groups in total. The maximum absolute atomic E-state index is 14.1. The number of Topliss-reactive ketones (excluding diaryl/α,β-unsaturated/α-hetero) is 1. The van der Waals surface area contributed by atoms with E-state index in [4.69, 9.17) is 11.6 Å². The lowest BCUT2D eigenvalue weighted by Gasteiger charge is -2.23. The van der Waals surface area contributed by atoms with Gasteiger partial charge in [-0.3, -0.25) is 9.59 Å². The molecule has 2 aromatic carbocycles. The molecule has 0 radical (unpaired) electrons. The van der Waals surface area contributed by atoms with Crippen LogP contribution in [-0.4, -0.2) is 37.6 Å². The third-order valence-electron chi connectivity index (χ3n) is 4.88. The minimum absolute atomic E-state index is 0.0111. The van der Waals surface area contributed by atoms with E-state index in [0.29, 0.717) is 0 Å². The van der Waals surface area contributed by atoms with Crippen LogP contribution < -0.4 is 4.72 Å². The van der Waals surface area contributed by atoms with Gasteiger partial charge in [-0.15, -0.1) is 0 Å². The SMILES string of the molecule is CC(=O)c1cccc(S(=O)(=O)NCCC(=O)N(Cc2c(F)cccc2Cl)C2CC2)c1. The molecule has 0 aliphatic heterocycles. The van der Waals surface area contributed by atoms with E-state index in [1.807, 2.05) is 0 Å². The lowest BCUT2D eigenvalue weighted by molar-refractivity contribution is -0.132. The first kappa shape index (κ1) is 22.4. The highest BCUT2D eigenvalue weighted by atomic mass is 35.5. The third kappa shape index (κ3) is 5.44. The molecule has 0 heterocycles. The van der Waals surface area contributed by atoms with Crippen LogP contribution in [-0.2, 0) is 21.4 Å². The first-order chi connectivity index (χ1) is 14.2. The number of halogens is 2. The molecule has 2 aromatic rings. The van der Waals surface area contributed by atoms with Crippen molar-refractivity contribution in [1.82, 2.24) is 9.62 Å². The van der Waals surface area contributed by atoms with Crippen LogP contribution in [0.15, 0.2) is 47.4 Å². The lowest BCUT2D eigenvalue weighted by atomic mass is 10.2. The Balaban J connectivity index is 1.63. The van der Waals surface area contributed by atoms with E-state index < -0.39 is 15.8 Å². The van der Waals surface area contributed by atoms with Crippen molar-refractivity contribution in [2.75, 3.05) is 6.54 Å². The molecule has 0 bridgehead atoms. The average Bonchev–Trinajstić information content (AvgIpc) is 3.52. The normalized spacial score (nSPS) is 13.8. The van der Waals surface area contributed by atoms with Gasteiger partial charge in [0.2, 0.25) is 15.9 Å². The summed E-state index contributed by atoms with van der Waals surface area (Å²) in [6.45, 7) is 1.29. The molecule has 3 rings (SSSR count). The standard InChI is InChI=1S/C21H22ClFN2O4S/c1-14(26)15-4-2-5-17(12-15)30(28,29)24-11-10-21(27)25(16-8-9-16)13-18-19(22)6-3-7-20(18)23/h2-7,12,16,24H,8-11,13H2,1H3. The summed E-state index contributed by atoms with van der Waals surface area (Å²) in [7, 11) is -3.87. The lowest BCUT2D eigenvalue weighted by Crippen LogP contribution is -2.36. The van der Waals surface area contributed by atoms with E-state index in [1.165, 1.54) is 43.3 Å². The van der Waals surface area contributed by atoms with Crippen molar-refractivity contribution in [3.05, 3.63) is 64.4 Å². The molecule has 0 unspecified atom stereocenters. The van der Waals surface area contributed by atoms with Gasteiger partial charge in [-0.25, -0.2) is 17.5 Å². The molecule has 1 aliphatic carbocycles. The summed E-state index contributed by atoms with van der Waals surface area (Å²) in [6, 6.07) is 10.1. The molecular formula is C21H22ClFN2O4S. The molecule has 9 heteroatoms. The number of rotatable bonds is 9. The molecule has 1 aliphatic rings. The molecule has 6 nitrogen and oxygen atoms in total. The van der Waals surface area contributed by atoms with Crippen LogP contribution in [0, 0.1) is 5.82 Å². The minimum Gasteiger partial charge on any atom is -0.335 e. The van der Waals surface area contributed by atoms with Gasteiger partial charge in [0.25, 0.3) is 0 Å². The zero-order valence-corrected chi connectivity index (χ0v) is 18.0. The largest absolute Gasteiger partial charge is 0.335 e. The molecule has 0 saturated heterocycles. The molecule has 160 valence electrons. The Morgan fingerprint density at radius 1 is 1.20 bits per heavy atom. The average molecular weight is 453 g/mol. The summed E-state index contributed by atoms with van der Waals surface area (Å²) in [5.41, 5.74) is 0.539. The van der Waals surface area contributed by atoms with Crippen LogP contribution >= 0.6 is 11.6 Å². The van der Waals surface area contributed by atoms with E-state index in [1.54, 1.807) is 11.0 Å². The molecule has 0 spiro atoms. The van der Waals surface area contributed by atoms with Gasteiger partial charge >= 0.3 is 0 Å². The number of hydrogen-bond acceptors (Lipinski definition) is 4. The number of nitrogens with zero attached hydrogens (tertiary/aromatic N) is 1. The number of sulfonamides is 1. The van der Waals surface area contributed by atoms with Crippen molar-refractivity contribution in [2.45, 2.75) is 43.7 Å². The molecule has 0 atom stereocenters. The number of carbonyl (C=O) groups is 2. The summed E-state index contributed by atoms with van der Waals surface area (Å²) in [4.78, 5) is 25.7. The zero-order chi connectivity index (χ0) is 21.9. The quantitative estimate of drug-likeness (QED) is 0.590. The Bertz CT molecular complexity index is 1050. The smallest absolute Gasteiger partial charge is 0.240 e. The van der Waals surface area contributed by atoms with Crippen molar-refractivity contribution in [2.24, 2.45) is 0 Å². The van der Waals surface area contributed by atoms with Crippen LogP contribution in [0.4, 0.5) is 4.39 Å². The fraction of sp³-hybridized carbons (Fsp3) is 0.333. The van der Waals surface area contributed by atoms with Gasteiger partial charge in [0.05, 0.1) is 11.4 Å². The van der Waals surface area contributed by atoms with Gasteiger partial charge < -0.3 is 4.90 Å². The van der Waals surface area contributed by atoms with Gasteiger partial charge in [-0.1, -0.05) is 29.8 Å². The molecule has 1 saturated carbocycles. The Kier molecular flexibility index (Phi) is 6.90. The second-order valence-electron chi connectivity index (χ2n) is 7.18.